The Morgan fingerprint density at radius 1 is 1.00 bits per heavy atom. The van der Waals surface area contributed by atoms with E-state index in [9.17, 15) is 14.7 Å². The maximum Gasteiger partial charge on any atom is 0.317 e. The number of aliphatic carboxylic acids is 1. The summed E-state index contributed by atoms with van der Waals surface area (Å²) in [5.74, 6) is -1.12. The number of carbonyl (C=O) groups is 2. The van der Waals surface area contributed by atoms with Crippen LogP contribution in [0.25, 0.3) is 0 Å². The van der Waals surface area contributed by atoms with E-state index in [1.54, 1.807) is 12.1 Å². The standard InChI is InChI=1S/C20H22O3S/c1-20(2,3)15-11-9-14(10-12-15)17(21)13-18(19(22)23)24-16-7-5-4-6-8-16/h4-12,18H,13H2,1-3H3,(H,22,23). The summed E-state index contributed by atoms with van der Waals surface area (Å²) in [6.45, 7) is 6.34. The number of Topliss-reactive ketones (excluding diaryl/α,β-unsaturated/α-hetero) is 1. The molecule has 4 heteroatoms. The van der Waals surface area contributed by atoms with Crippen LogP contribution in [0, 0.1) is 0 Å². The molecule has 0 radical (unpaired) electrons. The molecule has 0 aromatic heterocycles. The molecule has 2 aromatic rings. The average Bonchev–Trinajstić information content (AvgIpc) is 2.54. The molecular weight excluding hydrogens is 320 g/mol. The first-order valence-corrected chi connectivity index (χ1v) is 8.73. The Kier molecular flexibility index (Phi) is 5.84. The summed E-state index contributed by atoms with van der Waals surface area (Å²) in [4.78, 5) is 24.8. The Labute approximate surface area is 147 Å². The summed E-state index contributed by atoms with van der Waals surface area (Å²) < 4.78 is 0. The van der Waals surface area contributed by atoms with Gasteiger partial charge in [0.05, 0.1) is 0 Å². The van der Waals surface area contributed by atoms with Crippen molar-refractivity contribution in [1.29, 1.82) is 0 Å². The van der Waals surface area contributed by atoms with Crippen molar-refractivity contribution in [2.24, 2.45) is 0 Å². The van der Waals surface area contributed by atoms with Crippen molar-refractivity contribution in [3.63, 3.8) is 0 Å². The van der Waals surface area contributed by atoms with Crippen LogP contribution in [0.1, 0.15) is 43.1 Å². The number of rotatable bonds is 6. The summed E-state index contributed by atoms with van der Waals surface area (Å²) in [6.07, 6.45) is -0.0240. The average molecular weight is 342 g/mol. The zero-order valence-electron chi connectivity index (χ0n) is 14.2. The maximum absolute atomic E-state index is 12.4. The highest BCUT2D eigenvalue weighted by atomic mass is 32.2. The number of carbonyl (C=O) groups excluding carboxylic acids is 1. The van der Waals surface area contributed by atoms with Gasteiger partial charge in [0.1, 0.15) is 5.25 Å². The summed E-state index contributed by atoms with van der Waals surface area (Å²) in [5.41, 5.74) is 1.73. The third kappa shape index (κ3) is 4.96. The van der Waals surface area contributed by atoms with E-state index in [1.165, 1.54) is 11.8 Å². The Balaban J connectivity index is 2.09. The number of ketones is 1. The molecule has 0 saturated heterocycles. The van der Waals surface area contributed by atoms with Gasteiger partial charge in [-0.1, -0.05) is 63.2 Å². The molecule has 3 nitrogen and oxygen atoms in total. The van der Waals surface area contributed by atoms with Crippen molar-refractivity contribution in [3.05, 3.63) is 65.7 Å². The van der Waals surface area contributed by atoms with E-state index < -0.39 is 11.2 Å². The minimum absolute atomic E-state index is 0.0222. The lowest BCUT2D eigenvalue weighted by Gasteiger charge is -2.19. The van der Waals surface area contributed by atoms with Gasteiger partial charge in [0.25, 0.3) is 0 Å². The van der Waals surface area contributed by atoms with Crippen molar-refractivity contribution in [3.8, 4) is 0 Å². The second-order valence-corrected chi connectivity index (χ2v) is 7.99. The SMILES string of the molecule is CC(C)(C)c1ccc(C(=O)CC(Sc2ccccc2)C(=O)O)cc1. The highest BCUT2D eigenvalue weighted by Crippen LogP contribution is 2.27. The fourth-order valence-corrected chi connectivity index (χ4v) is 3.26. The molecule has 0 amide bonds. The molecule has 1 N–H and O–H groups in total. The Bertz CT molecular complexity index is 700. The van der Waals surface area contributed by atoms with Crippen LogP contribution in [0.2, 0.25) is 0 Å². The molecule has 0 bridgehead atoms. The van der Waals surface area contributed by atoms with Gasteiger partial charge in [0.15, 0.2) is 5.78 Å². The molecule has 126 valence electrons. The molecule has 2 rings (SSSR count). The van der Waals surface area contributed by atoms with E-state index in [1.807, 2.05) is 42.5 Å². The topological polar surface area (TPSA) is 54.4 Å². The smallest absolute Gasteiger partial charge is 0.317 e. The lowest BCUT2D eigenvalue weighted by Crippen LogP contribution is -2.20. The van der Waals surface area contributed by atoms with Crippen LogP contribution in [0.3, 0.4) is 0 Å². The molecule has 1 atom stereocenters. The van der Waals surface area contributed by atoms with Gasteiger partial charge in [0, 0.05) is 16.9 Å². The minimum atomic E-state index is -0.969. The molecule has 2 aromatic carbocycles. The van der Waals surface area contributed by atoms with Crippen LogP contribution >= 0.6 is 11.8 Å². The van der Waals surface area contributed by atoms with Gasteiger partial charge in [-0.3, -0.25) is 9.59 Å². The molecule has 1 unspecified atom stereocenters. The number of hydrogen-bond donors (Lipinski definition) is 1. The fraction of sp³-hybridized carbons (Fsp3) is 0.300. The zero-order valence-corrected chi connectivity index (χ0v) is 15.0. The van der Waals surface area contributed by atoms with Gasteiger partial charge in [-0.2, -0.15) is 0 Å². The lowest BCUT2D eigenvalue weighted by atomic mass is 9.86. The molecule has 0 aliphatic rings. The summed E-state index contributed by atoms with van der Waals surface area (Å²) >= 11 is 1.21. The minimum Gasteiger partial charge on any atom is -0.480 e. The highest BCUT2D eigenvalue weighted by molar-refractivity contribution is 8.00. The largest absolute Gasteiger partial charge is 0.480 e. The van der Waals surface area contributed by atoms with Crippen LogP contribution in [-0.4, -0.2) is 22.1 Å². The first-order chi connectivity index (χ1) is 11.3. The number of hydrogen-bond acceptors (Lipinski definition) is 3. The molecule has 24 heavy (non-hydrogen) atoms. The van der Waals surface area contributed by atoms with Crippen LogP contribution in [0.4, 0.5) is 0 Å². The van der Waals surface area contributed by atoms with Crippen LogP contribution in [-0.2, 0) is 10.2 Å². The normalized spacial score (nSPS) is 12.6. The van der Waals surface area contributed by atoms with E-state index in [0.29, 0.717) is 5.56 Å². The summed E-state index contributed by atoms with van der Waals surface area (Å²) in [5, 5.41) is 8.62. The van der Waals surface area contributed by atoms with Crippen molar-refractivity contribution in [2.45, 2.75) is 42.8 Å². The van der Waals surface area contributed by atoms with E-state index in [4.69, 9.17) is 0 Å². The molecular formula is C20H22O3S. The van der Waals surface area contributed by atoms with Crippen LogP contribution < -0.4 is 0 Å². The third-order valence-corrected chi connectivity index (χ3v) is 4.94. The van der Waals surface area contributed by atoms with E-state index in [2.05, 4.69) is 20.8 Å². The monoisotopic (exact) mass is 342 g/mol. The van der Waals surface area contributed by atoms with Gasteiger partial charge >= 0.3 is 5.97 Å². The zero-order chi connectivity index (χ0) is 17.7. The van der Waals surface area contributed by atoms with Crippen molar-refractivity contribution >= 4 is 23.5 Å². The number of thioether (sulfide) groups is 1. The molecule has 0 aliphatic heterocycles. The van der Waals surface area contributed by atoms with Crippen molar-refractivity contribution in [1.82, 2.24) is 0 Å². The Hall–Kier alpha value is -2.07. The first-order valence-electron chi connectivity index (χ1n) is 7.85. The Morgan fingerprint density at radius 3 is 2.08 bits per heavy atom. The van der Waals surface area contributed by atoms with Gasteiger partial charge < -0.3 is 5.11 Å². The van der Waals surface area contributed by atoms with Crippen LogP contribution in [0.15, 0.2) is 59.5 Å². The predicted molar refractivity (Wildman–Crippen MR) is 97.8 cm³/mol. The van der Waals surface area contributed by atoms with Gasteiger partial charge in [-0.25, -0.2) is 0 Å². The molecule has 0 aliphatic carbocycles. The number of carboxylic acids is 1. The molecule has 0 spiro atoms. The van der Waals surface area contributed by atoms with Crippen molar-refractivity contribution in [2.75, 3.05) is 0 Å². The second-order valence-electron chi connectivity index (χ2n) is 6.71. The number of carboxylic acid groups (broad SMARTS) is 1. The van der Waals surface area contributed by atoms with Crippen molar-refractivity contribution < 1.29 is 14.7 Å². The molecule has 0 saturated carbocycles. The van der Waals surface area contributed by atoms with Gasteiger partial charge in [-0.05, 0) is 23.1 Å². The predicted octanol–water partition coefficient (Wildman–Crippen LogP) is 4.80. The second kappa shape index (κ2) is 7.67. The highest BCUT2D eigenvalue weighted by Gasteiger charge is 2.23. The van der Waals surface area contributed by atoms with E-state index in [0.717, 1.165) is 10.5 Å². The number of benzene rings is 2. The maximum atomic E-state index is 12.4. The lowest BCUT2D eigenvalue weighted by molar-refractivity contribution is -0.136. The van der Waals surface area contributed by atoms with Gasteiger partial charge in [-0.15, -0.1) is 11.8 Å². The van der Waals surface area contributed by atoms with E-state index >= 15 is 0 Å². The van der Waals surface area contributed by atoms with Crippen LogP contribution in [0.5, 0.6) is 0 Å². The van der Waals surface area contributed by atoms with Gasteiger partial charge in [0.2, 0.25) is 0 Å². The third-order valence-electron chi connectivity index (χ3n) is 3.74. The first kappa shape index (κ1) is 18.3. The molecule has 0 heterocycles. The van der Waals surface area contributed by atoms with E-state index in [-0.39, 0.29) is 17.6 Å². The molecule has 0 fully saturated rings. The quantitative estimate of drug-likeness (QED) is 0.605. The summed E-state index contributed by atoms with van der Waals surface area (Å²) in [7, 11) is 0. The Morgan fingerprint density at radius 2 is 1.58 bits per heavy atom. The fourth-order valence-electron chi connectivity index (χ4n) is 2.29. The summed E-state index contributed by atoms with van der Waals surface area (Å²) in [6, 6.07) is 16.7.